The molecule has 1 fully saturated rings. The molecule has 6 nitrogen and oxygen atoms in total. The van der Waals surface area contributed by atoms with Gasteiger partial charge in [-0.05, 0) is 18.9 Å². The number of esters is 1. The molecule has 7 heteroatoms. The molecule has 0 amide bonds. The van der Waals surface area contributed by atoms with Crippen molar-refractivity contribution in [2.45, 2.75) is 29.8 Å². The fourth-order valence-corrected chi connectivity index (χ4v) is 2.81. The Bertz CT molecular complexity index is 505. The monoisotopic (exact) mass is 296 g/mol. The van der Waals surface area contributed by atoms with E-state index < -0.39 is 11.0 Å². The minimum Gasteiger partial charge on any atom is -0.468 e. The van der Waals surface area contributed by atoms with Gasteiger partial charge in [-0.15, -0.1) is 11.8 Å². The van der Waals surface area contributed by atoms with Crippen molar-refractivity contribution in [3.8, 4) is 0 Å². The lowest BCUT2D eigenvalue weighted by molar-refractivity contribution is -0.387. The highest BCUT2D eigenvalue weighted by molar-refractivity contribution is 7.99. The molecule has 108 valence electrons. The summed E-state index contributed by atoms with van der Waals surface area (Å²) in [6.07, 6.45) is 2.12. The second-order valence-corrected chi connectivity index (χ2v) is 5.61. The normalized spacial score (nSPS) is 15.7. The van der Waals surface area contributed by atoms with Crippen LogP contribution in [0.4, 0.5) is 5.69 Å². The van der Waals surface area contributed by atoms with Crippen LogP contribution in [-0.4, -0.2) is 35.8 Å². The first-order valence-corrected chi connectivity index (χ1v) is 7.30. The second kappa shape index (κ2) is 6.71. The minimum absolute atomic E-state index is 0.0625. The summed E-state index contributed by atoms with van der Waals surface area (Å²) in [7, 11) is 1.35. The van der Waals surface area contributed by atoms with Gasteiger partial charge < -0.3 is 10.1 Å². The van der Waals surface area contributed by atoms with Crippen LogP contribution in [0.15, 0.2) is 29.2 Å². The number of para-hydroxylation sites is 1. The van der Waals surface area contributed by atoms with E-state index in [2.05, 4.69) is 5.32 Å². The summed E-state index contributed by atoms with van der Waals surface area (Å²) in [5.41, 5.74) is 0.0625. The standard InChI is InChI=1S/C13H16N2O4S/c1-19-13(16)10(14-9-6-7-9)8-20-12-5-3-2-4-11(12)15(17)18/h2-5,9-10,14H,6-8H2,1H3. The molecule has 1 unspecified atom stereocenters. The van der Waals surface area contributed by atoms with Gasteiger partial charge in [0.05, 0.1) is 16.9 Å². The van der Waals surface area contributed by atoms with Gasteiger partial charge in [0, 0.05) is 17.9 Å². The zero-order valence-electron chi connectivity index (χ0n) is 11.1. The molecule has 1 atom stereocenters. The maximum absolute atomic E-state index is 11.7. The first kappa shape index (κ1) is 14.8. The van der Waals surface area contributed by atoms with Gasteiger partial charge in [0.1, 0.15) is 6.04 Å². The number of methoxy groups -OCH3 is 1. The van der Waals surface area contributed by atoms with Gasteiger partial charge in [-0.2, -0.15) is 0 Å². The summed E-state index contributed by atoms with van der Waals surface area (Å²) >= 11 is 1.29. The number of hydrogen-bond donors (Lipinski definition) is 1. The molecule has 1 N–H and O–H groups in total. The van der Waals surface area contributed by atoms with E-state index in [-0.39, 0.29) is 11.7 Å². The van der Waals surface area contributed by atoms with Crippen molar-refractivity contribution < 1.29 is 14.5 Å². The fraction of sp³-hybridized carbons (Fsp3) is 0.462. The number of nitrogens with zero attached hydrogens (tertiary/aromatic N) is 1. The molecule has 1 saturated carbocycles. The number of hydrogen-bond acceptors (Lipinski definition) is 6. The summed E-state index contributed by atoms with van der Waals surface area (Å²) in [4.78, 5) is 22.8. The van der Waals surface area contributed by atoms with E-state index in [0.717, 1.165) is 12.8 Å². The van der Waals surface area contributed by atoms with Crippen molar-refractivity contribution in [3.63, 3.8) is 0 Å². The van der Waals surface area contributed by atoms with E-state index in [9.17, 15) is 14.9 Å². The van der Waals surface area contributed by atoms with Crippen LogP contribution >= 0.6 is 11.8 Å². The third kappa shape index (κ3) is 3.94. The highest BCUT2D eigenvalue weighted by Gasteiger charge is 2.29. The number of nitrogens with one attached hydrogen (secondary N) is 1. The van der Waals surface area contributed by atoms with Crippen LogP contribution in [0.2, 0.25) is 0 Å². The third-order valence-corrected chi connectivity index (χ3v) is 4.12. The Hall–Kier alpha value is -1.60. The van der Waals surface area contributed by atoms with Gasteiger partial charge in [-0.3, -0.25) is 14.9 Å². The molecule has 1 aromatic rings. The lowest BCUT2D eigenvalue weighted by Crippen LogP contribution is -2.40. The minimum atomic E-state index is -0.433. The number of thioether (sulfide) groups is 1. The van der Waals surface area contributed by atoms with Crippen molar-refractivity contribution in [1.29, 1.82) is 0 Å². The van der Waals surface area contributed by atoms with Crippen molar-refractivity contribution in [2.75, 3.05) is 12.9 Å². The van der Waals surface area contributed by atoms with Crippen LogP contribution in [0.25, 0.3) is 0 Å². The molecule has 1 aliphatic rings. The van der Waals surface area contributed by atoms with Gasteiger partial charge >= 0.3 is 5.97 Å². The maximum Gasteiger partial charge on any atom is 0.323 e. The molecule has 0 heterocycles. The molecule has 20 heavy (non-hydrogen) atoms. The maximum atomic E-state index is 11.7. The van der Waals surface area contributed by atoms with Crippen molar-refractivity contribution in [3.05, 3.63) is 34.4 Å². The molecule has 1 aromatic carbocycles. The SMILES string of the molecule is COC(=O)C(CSc1ccccc1[N+](=O)[O-])NC1CC1. The topological polar surface area (TPSA) is 81.5 Å². The third-order valence-electron chi connectivity index (χ3n) is 2.97. The fourth-order valence-electron chi connectivity index (χ4n) is 1.76. The number of rotatable bonds is 7. The smallest absolute Gasteiger partial charge is 0.323 e. The number of nitro groups is 1. The Balaban J connectivity index is 2.01. The van der Waals surface area contributed by atoms with Crippen molar-refractivity contribution in [2.24, 2.45) is 0 Å². The average molecular weight is 296 g/mol. The molecule has 0 aromatic heterocycles. The largest absolute Gasteiger partial charge is 0.468 e. The Kier molecular flexibility index (Phi) is 4.97. The average Bonchev–Trinajstić information content (AvgIpc) is 3.26. The molecule has 0 radical (unpaired) electrons. The number of ether oxygens (including phenoxy) is 1. The van der Waals surface area contributed by atoms with Gasteiger partial charge in [0.2, 0.25) is 0 Å². The summed E-state index contributed by atoms with van der Waals surface area (Å²) in [5.74, 6) is 0.0802. The summed E-state index contributed by atoms with van der Waals surface area (Å²) in [5, 5.41) is 14.1. The lowest BCUT2D eigenvalue weighted by Gasteiger charge is -2.15. The Morgan fingerprint density at radius 3 is 2.85 bits per heavy atom. The van der Waals surface area contributed by atoms with E-state index in [4.69, 9.17) is 4.74 Å². The number of carbonyl (C=O) groups excluding carboxylic acids is 1. The molecule has 0 bridgehead atoms. The van der Waals surface area contributed by atoms with Gasteiger partial charge in [0.15, 0.2) is 0 Å². The van der Waals surface area contributed by atoms with E-state index in [1.54, 1.807) is 18.2 Å². The zero-order valence-corrected chi connectivity index (χ0v) is 11.9. The number of nitro benzene ring substituents is 1. The Labute approximate surface area is 121 Å². The van der Waals surface area contributed by atoms with Crippen molar-refractivity contribution >= 4 is 23.4 Å². The predicted octanol–water partition coefficient (Wildman–Crippen LogP) is 1.98. The van der Waals surface area contributed by atoms with Crippen LogP contribution < -0.4 is 5.32 Å². The van der Waals surface area contributed by atoms with Crippen molar-refractivity contribution in [1.82, 2.24) is 5.32 Å². The Morgan fingerprint density at radius 2 is 2.25 bits per heavy atom. The molecule has 1 aliphatic carbocycles. The van der Waals surface area contributed by atoms with E-state index >= 15 is 0 Å². The van der Waals surface area contributed by atoms with E-state index in [1.165, 1.54) is 24.9 Å². The molecular weight excluding hydrogens is 280 g/mol. The van der Waals surface area contributed by atoms with Crippen LogP contribution in [0.1, 0.15) is 12.8 Å². The van der Waals surface area contributed by atoms with Gasteiger partial charge in [-0.1, -0.05) is 12.1 Å². The highest BCUT2D eigenvalue weighted by Crippen LogP contribution is 2.29. The summed E-state index contributed by atoms with van der Waals surface area (Å²) in [6, 6.07) is 6.46. The van der Waals surface area contributed by atoms with E-state index in [1.807, 2.05) is 0 Å². The first-order chi connectivity index (χ1) is 9.61. The van der Waals surface area contributed by atoms with Crippen LogP contribution in [0.3, 0.4) is 0 Å². The van der Waals surface area contributed by atoms with Crippen LogP contribution in [0, 0.1) is 10.1 Å². The van der Waals surface area contributed by atoms with Crippen LogP contribution in [-0.2, 0) is 9.53 Å². The molecule has 0 aliphatic heterocycles. The Morgan fingerprint density at radius 1 is 1.55 bits per heavy atom. The highest BCUT2D eigenvalue weighted by atomic mass is 32.2. The zero-order chi connectivity index (χ0) is 14.5. The number of benzene rings is 1. The van der Waals surface area contributed by atoms with Crippen LogP contribution in [0.5, 0.6) is 0 Å². The van der Waals surface area contributed by atoms with Gasteiger partial charge in [-0.25, -0.2) is 0 Å². The summed E-state index contributed by atoms with van der Waals surface area (Å²) in [6.45, 7) is 0. The second-order valence-electron chi connectivity index (χ2n) is 4.55. The first-order valence-electron chi connectivity index (χ1n) is 6.32. The molecule has 0 saturated heterocycles. The summed E-state index contributed by atoms with van der Waals surface area (Å²) < 4.78 is 4.76. The molecule has 2 rings (SSSR count). The number of carbonyl (C=O) groups is 1. The molecule has 0 spiro atoms. The lowest BCUT2D eigenvalue weighted by atomic mass is 10.3. The predicted molar refractivity (Wildman–Crippen MR) is 75.8 cm³/mol. The quantitative estimate of drug-likeness (QED) is 0.358. The molecular formula is C13H16N2O4S. The van der Waals surface area contributed by atoms with E-state index in [0.29, 0.717) is 16.7 Å². The van der Waals surface area contributed by atoms with Gasteiger partial charge in [0.25, 0.3) is 5.69 Å².